The summed E-state index contributed by atoms with van der Waals surface area (Å²) >= 11 is 0. The lowest BCUT2D eigenvalue weighted by molar-refractivity contribution is 0.408. The standard InChI is InChI=1S/C12H19NO3S/c1-8-6-11(17(5,14)15)9(12(2,3)13)7-10(8)16-4/h6-7H,13H2,1-5H3. The molecule has 5 heteroatoms. The topological polar surface area (TPSA) is 69.4 Å². The second-order valence-electron chi connectivity index (χ2n) is 4.81. The van der Waals surface area contributed by atoms with Gasteiger partial charge in [0.25, 0.3) is 0 Å². The van der Waals surface area contributed by atoms with Crippen LogP contribution in [0.4, 0.5) is 0 Å². The molecule has 0 aromatic heterocycles. The summed E-state index contributed by atoms with van der Waals surface area (Å²) in [5, 5.41) is 0. The van der Waals surface area contributed by atoms with E-state index in [1.165, 1.54) is 6.26 Å². The van der Waals surface area contributed by atoms with Crippen LogP contribution in [0.1, 0.15) is 25.0 Å². The Labute approximate surface area is 103 Å². The van der Waals surface area contributed by atoms with E-state index in [0.29, 0.717) is 11.3 Å². The quantitative estimate of drug-likeness (QED) is 0.893. The summed E-state index contributed by atoms with van der Waals surface area (Å²) in [5.41, 5.74) is 6.62. The maximum absolute atomic E-state index is 11.8. The van der Waals surface area contributed by atoms with E-state index in [2.05, 4.69) is 0 Å². The van der Waals surface area contributed by atoms with E-state index in [-0.39, 0.29) is 4.90 Å². The minimum absolute atomic E-state index is 0.267. The van der Waals surface area contributed by atoms with Gasteiger partial charge in [0.15, 0.2) is 9.84 Å². The van der Waals surface area contributed by atoms with Crippen LogP contribution >= 0.6 is 0 Å². The Kier molecular flexibility index (Phi) is 3.55. The van der Waals surface area contributed by atoms with E-state index in [4.69, 9.17) is 10.5 Å². The number of sulfone groups is 1. The highest BCUT2D eigenvalue weighted by Gasteiger charge is 2.25. The Morgan fingerprint density at radius 1 is 1.29 bits per heavy atom. The summed E-state index contributed by atoms with van der Waals surface area (Å²) in [7, 11) is -1.75. The smallest absolute Gasteiger partial charge is 0.175 e. The summed E-state index contributed by atoms with van der Waals surface area (Å²) in [5.74, 6) is 0.644. The number of methoxy groups -OCH3 is 1. The molecule has 2 N–H and O–H groups in total. The summed E-state index contributed by atoms with van der Waals surface area (Å²) in [6.45, 7) is 5.35. The van der Waals surface area contributed by atoms with E-state index in [1.54, 1.807) is 40.0 Å². The molecular weight excluding hydrogens is 238 g/mol. The average molecular weight is 257 g/mol. The molecule has 0 aliphatic carbocycles. The third kappa shape index (κ3) is 2.98. The third-order valence-corrected chi connectivity index (χ3v) is 3.73. The lowest BCUT2D eigenvalue weighted by atomic mass is 9.94. The third-order valence-electron chi connectivity index (χ3n) is 2.59. The number of aryl methyl sites for hydroxylation is 1. The summed E-state index contributed by atoms with van der Waals surface area (Å²) in [6, 6.07) is 3.31. The highest BCUT2D eigenvalue weighted by Crippen LogP contribution is 2.31. The van der Waals surface area contributed by atoms with Crippen LogP contribution in [0.5, 0.6) is 5.75 Å². The Balaban J connectivity index is 3.66. The molecule has 0 heterocycles. The molecule has 1 aromatic rings. The fourth-order valence-electron chi connectivity index (χ4n) is 1.69. The van der Waals surface area contributed by atoms with Gasteiger partial charge in [0.1, 0.15) is 5.75 Å². The molecule has 0 unspecified atom stereocenters. The molecule has 0 atom stereocenters. The summed E-state index contributed by atoms with van der Waals surface area (Å²) in [6.07, 6.45) is 1.18. The Hall–Kier alpha value is -1.07. The molecule has 0 aliphatic rings. The van der Waals surface area contributed by atoms with Gasteiger partial charge in [0.2, 0.25) is 0 Å². The predicted octanol–water partition coefficient (Wildman–Crippen LogP) is 1.60. The second-order valence-corrected chi connectivity index (χ2v) is 6.80. The van der Waals surface area contributed by atoms with Gasteiger partial charge in [-0.3, -0.25) is 0 Å². The lowest BCUT2D eigenvalue weighted by Crippen LogP contribution is -2.30. The van der Waals surface area contributed by atoms with Crippen LogP contribution in [0, 0.1) is 6.92 Å². The van der Waals surface area contributed by atoms with Gasteiger partial charge in [-0.05, 0) is 44.0 Å². The second kappa shape index (κ2) is 4.31. The monoisotopic (exact) mass is 257 g/mol. The Bertz CT molecular complexity index is 527. The normalized spacial score (nSPS) is 12.6. The predicted molar refractivity (Wildman–Crippen MR) is 68.1 cm³/mol. The molecule has 0 saturated carbocycles. The molecule has 0 fully saturated rings. The number of rotatable bonds is 3. The maximum Gasteiger partial charge on any atom is 0.175 e. The number of nitrogens with two attached hydrogens (primary N) is 1. The fourth-order valence-corrected chi connectivity index (χ4v) is 2.80. The van der Waals surface area contributed by atoms with Crippen LogP contribution in [-0.4, -0.2) is 21.8 Å². The fraction of sp³-hybridized carbons (Fsp3) is 0.500. The van der Waals surface area contributed by atoms with Crippen LogP contribution in [0.3, 0.4) is 0 Å². The minimum Gasteiger partial charge on any atom is -0.496 e. The van der Waals surface area contributed by atoms with Crippen molar-refractivity contribution < 1.29 is 13.2 Å². The molecule has 0 bridgehead atoms. The molecule has 0 spiro atoms. The van der Waals surface area contributed by atoms with Gasteiger partial charge in [-0.1, -0.05) is 0 Å². The van der Waals surface area contributed by atoms with Gasteiger partial charge in [-0.25, -0.2) is 8.42 Å². The molecule has 0 aliphatic heterocycles. The number of hydrogen-bond donors (Lipinski definition) is 1. The summed E-state index contributed by atoms with van der Waals surface area (Å²) < 4.78 is 28.7. The van der Waals surface area contributed by atoms with Crippen molar-refractivity contribution >= 4 is 9.84 Å². The van der Waals surface area contributed by atoms with Crippen molar-refractivity contribution in [3.8, 4) is 5.75 Å². The highest BCUT2D eigenvalue weighted by molar-refractivity contribution is 7.90. The zero-order chi connectivity index (χ0) is 13.4. The van der Waals surface area contributed by atoms with Crippen LogP contribution in [-0.2, 0) is 15.4 Å². The highest BCUT2D eigenvalue weighted by atomic mass is 32.2. The molecule has 0 radical (unpaired) electrons. The molecular formula is C12H19NO3S. The van der Waals surface area contributed by atoms with Crippen LogP contribution in [0.2, 0.25) is 0 Å². The molecule has 96 valence electrons. The number of benzene rings is 1. The van der Waals surface area contributed by atoms with Crippen molar-refractivity contribution in [2.24, 2.45) is 5.73 Å². The zero-order valence-corrected chi connectivity index (χ0v) is 11.7. The zero-order valence-electron chi connectivity index (χ0n) is 10.9. The molecule has 1 rings (SSSR count). The largest absolute Gasteiger partial charge is 0.496 e. The molecule has 0 amide bonds. The van der Waals surface area contributed by atoms with Crippen molar-refractivity contribution in [1.82, 2.24) is 0 Å². The first-order chi connectivity index (χ1) is 7.57. The van der Waals surface area contributed by atoms with E-state index < -0.39 is 15.4 Å². The van der Waals surface area contributed by atoms with Crippen molar-refractivity contribution in [2.75, 3.05) is 13.4 Å². The average Bonchev–Trinajstić information content (AvgIpc) is 2.14. The van der Waals surface area contributed by atoms with Crippen molar-refractivity contribution in [3.05, 3.63) is 23.3 Å². The molecule has 1 aromatic carbocycles. The maximum atomic E-state index is 11.8. The van der Waals surface area contributed by atoms with Gasteiger partial charge in [0, 0.05) is 11.8 Å². The molecule has 4 nitrogen and oxygen atoms in total. The minimum atomic E-state index is -3.30. The van der Waals surface area contributed by atoms with E-state index in [1.807, 2.05) is 0 Å². The van der Waals surface area contributed by atoms with Crippen LogP contribution in [0.15, 0.2) is 17.0 Å². The lowest BCUT2D eigenvalue weighted by Gasteiger charge is -2.23. The van der Waals surface area contributed by atoms with E-state index in [0.717, 1.165) is 5.56 Å². The number of hydrogen-bond acceptors (Lipinski definition) is 4. The van der Waals surface area contributed by atoms with E-state index in [9.17, 15) is 8.42 Å². The van der Waals surface area contributed by atoms with Gasteiger partial charge in [-0.15, -0.1) is 0 Å². The van der Waals surface area contributed by atoms with Gasteiger partial charge in [-0.2, -0.15) is 0 Å². The van der Waals surface area contributed by atoms with E-state index >= 15 is 0 Å². The SMILES string of the molecule is COc1cc(C(C)(C)N)c(S(C)(=O)=O)cc1C. The van der Waals surface area contributed by atoms with Gasteiger partial charge in [0.05, 0.1) is 12.0 Å². The first kappa shape index (κ1) is 14.0. The van der Waals surface area contributed by atoms with Crippen LogP contribution < -0.4 is 10.5 Å². The van der Waals surface area contributed by atoms with Gasteiger partial charge < -0.3 is 10.5 Å². The van der Waals surface area contributed by atoms with Crippen LogP contribution in [0.25, 0.3) is 0 Å². The van der Waals surface area contributed by atoms with Crippen molar-refractivity contribution in [2.45, 2.75) is 31.2 Å². The Morgan fingerprint density at radius 2 is 1.82 bits per heavy atom. The molecule has 17 heavy (non-hydrogen) atoms. The first-order valence-electron chi connectivity index (χ1n) is 5.25. The number of ether oxygens (including phenoxy) is 1. The summed E-state index contributed by atoms with van der Waals surface area (Å²) in [4.78, 5) is 0.267. The van der Waals surface area contributed by atoms with Gasteiger partial charge >= 0.3 is 0 Å². The van der Waals surface area contributed by atoms with Crippen molar-refractivity contribution in [3.63, 3.8) is 0 Å². The Morgan fingerprint density at radius 3 is 2.18 bits per heavy atom. The molecule has 0 saturated heterocycles. The first-order valence-corrected chi connectivity index (χ1v) is 7.14. The van der Waals surface area contributed by atoms with Crippen molar-refractivity contribution in [1.29, 1.82) is 0 Å².